The standard InChI is InChI=1S/C13H22N2S/c1-12(13-5-3-11-16-13)4-2-8-15-9-6-14-7-10-15/h3,5,11-12,14H,2,4,6-10H2,1H3. The fourth-order valence-electron chi connectivity index (χ4n) is 2.27. The summed E-state index contributed by atoms with van der Waals surface area (Å²) in [5.74, 6) is 0.739. The van der Waals surface area contributed by atoms with Gasteiger partial charge in [0.15, 0.2) is 0 Å². The first-order valence-corrected chi connectivity index (χ1v) is 7.20. The van der Waals surface area contributed by atoms with E-state index >= 15 is 0 Å². The minimum Gasteiger partial charge on any atom is -0.314 e. The summed E-state index contributed by atoms with van der Waals surface area (Å²) in [7, 11) is 0. The average molecular weight is 238 g/mol. The van der Waals surface area contributed by atoms with Crippen molar-refractivity contribution in [3.63, 3.8) is 0 Å². The Labute approximate surface area is 103 Å². The maximum Gasteiger partial charge on any atom is 0.0107 e. The molecule has 0 spiro atoms. The molecule has 1 N–H and O–H groups in total. The fraction of sp³-hybridized carbons (Fsp3) is 0.692. The normalized spacial score (nSPS) is 19.8. The van der Waals surface area contributed by atoms with Crippen LogP contribution in [-0.2, 0) is 0 Å². The largest absolute Gasteiger partial charge is 0.314 e. The van der Waals surface area contributed by atoms with Gasteiger partial charge >= 0.3 is 0 Å². The number of hydrogen-bond acceptors (Lipinski definition) is 3. The van der Waals surface area contributed by atoms with E-state index in [9.17, 15) is 0 Å². The van der Waals surface area contributed by atoms with Gasteiger partial charge in [-0.3, -0.25) is 0 Å². The summed E-state index contributed by atoms with van der Waals surface area (Å²) in [5, 5.41) is 5.58. The fourth-order valence-corrected chi connectivity index (χ4v) is 3.09. The molecule has 1 aliphatic heterocycles. The quantitative estimate of drug-likeness (QED) is 0.848. The lowest BCUT2D eigenvalue weighted by Crippen LogP contribution is -2.43. The maximum atomic E-state index is 3.40. The van der Waals surface area contributed by atoms with Crippen LogP contribution in [-0.4, -0.2) is 37.6 Å². The second kappa shape index (κ2) is 6.38. The van der Waals surface area contributed by atoms with Gasteiger partial charge in [-0.15, -0.1) is 11.3 Å². The van der Waals surface area contributed by atoms with Crippen molar-refractivity contribution in [3.8, 4) is 0 Å². The van der Waals surface area contributed by atoms with E-state index in [1.54, 1.807) is 4.88 Å². The number of hydrogen-bond donors (Lipinski definition) is 1. The second-order valence-electron chi connectivity index (χ2n) is 4.65. The van der Waals surface area contributed by atoms with Gasteiger partial charge in [-0.25, -0.2) is 0 Å². The predicted octanol–water partition coefficient (Wildman–Crippen LogP) is 2.54. The summed E-state index contributed by atoms with van der Waals surface area (Å²) in [5.41, 5.74) is 0. The third-order valence-corrected chi connectivity index (χ3v) is 4.45. The van der Waals surface area contributed by atoms with Crippen molar-refractivity contribution >= 4 is 11.3 Å². The first kappa shape index (κ1) is 12.1. The maximum absolute atomic E-state index is 3.40. The summed E-state index contributed by atoms with van der Waals surface area (Å²) >= 11 is 1.89. The monoisotopic (exact) mass is 238 g/mol. The SMILES string of the molecule is CC(CCCN1CCNCC1)c1cccs1. The van der Waals surface area contributed by atoms with Gasteiger partial charge < -0.3 is 10.2 Å². The molecule has 0 aromatic carbocycles. The van der Waals surface area contributed by atoms with E-state index in [4.69, 9.17) is 0 Å². The van der Waals surface area contributed by atoms with Crippen molar-refractivity contribution in [2.75, 3.05) is 32.7 Å². The molecule has 1 aromatic rings. The van der Waals surface area contributed by atoms with Crippen LogP contribution in [0, 0.1) is 0 Å². The molecule has 1 unspecified atom stereocenters. The molecular formula is C13H22N2S. The van der Waals surface area contributed by atoms with Crippen molar-refractivity contribution in [3.05, 3.63) is 22.4 Å². The Morgan fingerprint density at radius 3 is 2.94 bits per heavy atom. The molecule has 90 valence electrons. The molecular weight excluding hydrogens is 216 g/mol. The molecule has 1 atom stereocenters. The zero-order valence-corrected chi connectivity index (χ0v) is 10.9. The number of thiophene rings is 1. The summed E-state index contributed by atoms with van der Waals surface area (Å²) in [6.07, 6.45) is 2.66. The van der Waals surface area contributed by atoms with Gasteiger partial charge in [0.1, 0.15) is 0 Å². The van der Waals surface area contributed by atoms with E-state index in [1.165, 1.54) is 45.6 Å². The van der Waals surface area contributed by atoms with Crippen LogP contribution in [0.5, 0.6) is 0 Å². The highest BCUT2D eigenvalue weighted by Gasteiger charge is 2.10. The van der Waals surface area contributed by atoms with E-state index in [1.807, 2.05) is 11.3 Å². The topological polar surface area (TPSA) is 15.3 Å². The van der Waals surface area contributed by atoms with Gasteiger partial charge in [-0.1, -0.05) is 13.0 Å². The summed E-state index contributed by atoms with van der Waals surface area (Å²) in [6.45, 7) is 8.42. The zero-order chi connectivity index (χ0) is 11.2. The minimum atomic E-state index is 0.739. The van der Waals surface area contributed by atoms with E-state index in [2.05, 4.69) is 34.7 Å². The van der Waals surface area contributed by atoms with Crippen LogP contribution in [0.3, 0.4) is 0 Å². The molecule has 0 amide bonds. The van der Waals surface area contributed by atoms with Crippen molar-refractivity contribution in [2.24, 2.45) is 0 Å². The molecule has 16 heavy (non-hydrogen) atoms. The molecule has 2 nitrogen and oxygen atoms in total. The molecule has 1 saturated heterocycles. The highest BCUT2D eigenvalue weighted by molar-refractivity contribution is 7.10. The lowest BCUT2D eigenvalue weighted by Gasteiger charge is -2.27. The lowest BCUT2D eigenvalue weighted by atomic mass is 10.0. The Morgan fingerprint density at radius 2 is 2.25 bits per heavy atom. The van der Waals surface area contributed by atoms with Gasteiger partial charge in [0.05, 0.1) is 0 Å². The molecule has 2 rings (SSSR count). The molecule has 0 saturated carbocycles. The number of piperazine rings is 1. The number of rotatable bonds is 5. The molecule has 2 heterocycles. The van der Waals surface area contributed by atoms with Crippen LogP contribution in [0.25, 0.3) is 0 Å². The Balaban J connectivity index is 1.63. The average Bonchev–Trinajstić information content (AvgIpc) is 2.84. The Bertz CT molecular complexity index is 278. The summed E-state index contributed by atoms with van der Waals surface area (Å²) in [4.78, 5) is 4.12. The van der Waals surface area contributed by atoms with Crippen molar-refractivity contribution in [1.82, 2.24) is 10.2 Å². The highest BCUT2D eigenvalue weighted by atomic mass is 32.1. The third-order valence-electron chi connectivity index (χ3n) is 3.35. The first-order chi connectivity index (χ1) is 7.86. The van der Waals surface area contributed by atoms with Crippen LogP contribution in [0.1, 0.15) is 30.6 Å². The second-order valence-corrected chi connectivity index (χ2v) is 5.63. The van der Waals surface area contributed by atoms with E-state index in [0.717, 1.165) is 5.92 Å². The molecule has 1 aromatic heterocycles. The first-order valence-electron chi connectivity index (χ1n) is 6.33. The predicted molar refractivity (Wildman–Crippen MR) is 71.3 cm³/mol. The van der Waals surface area contributed by atoms with Crippen LogP contribution in [0.2, 0.25) is 0 Å². The Kier molecular flexibility index (Phi) is 4.82. The van der Waals surface area contributed by atoms with Crippen LogP contribution in [0.4, 0.5) is 0 Å². The number of nitrogens with zero attached hydrogens (tertiary/aromatic N) is 1. The van der Waals surface area contributed by atoms with Gasteiger partial charge in [0.25, 0.3) is 0 Å². The third kappa shape index (κ3) is 3.58. The van der Waals surface area contributed by atoms with Gasteiger partial charge in [-0.2, -0.15) is 0 Å². The zero-order valence-electron chi connectivity index (χ0n) is 10.1. The Morgan fingerprint density at radius 1 is 1.44 bits per heavy atom. The molecule has 0 bridgehead atoms. The highest BCUT2D eigenvalue weighted by Crippen LogP contribution is 2.24. The lowest BCUT2D eigenvalue weighted by molar-refractivity contribution is 0.235. The molecule has 0 radical (unpaired) electrons. The minimum absolute atomic E-state index is 0.739. The van der Waals surface area contributed by atoms with E-state index in [-0.39, 0.29) is 0 Å². The Hall–Kier alpha value is -0.380. The number of nitrogens with one attached hydrogen (secondary N) is 1. The molecule has 1 aliphatic rings. The van der Waals surface area contributed by atoms with Crippen molar-refractivity contribution in [1.29, 1.82) is 0 Å². The smallest absolute Gasteiger partial charge is 0.0107 e. The van der Waals surface area contributed by atoms with Crippen LogP contribution >= 0.6 is 11.3 Å². The molecule has 3 heteroatoms. The van der Waals surface area contributed by atoms with E-state index in [0.29, 0.717) is 0 Å². The van der Waals surface area contributed by atoms with Gasteiger partial charge in [-0.05, 0) is 36.8 Å². The van der Waals surface area contributed by atoms with Crippen LogP contribution < -0.4 is 5.32 Å². The van der Waals surface area contributed by atoms with Crippen molar-refractivity contribution < 1.29 is 0 Å². The summed E-state index contributed by atoms with van der Waals surface area (Å²) < 4.78 is 0. The van der Waals surface area contributed by atoms with Crippen molar-refractivity contribution in [2.45, 2.75) is 25.7 Å². The van der Waals surface area contributed by atoms with Crippen LogP contribution in [0.15, 0.2) is 17.5 Å². The van der Waals surface area contributed by atoms with Gasteiger partial charge in [0, 0.05) is 31.1 Å². The van der Waals surface area contributed by atoms with Gasteiger partial charge in [0.2, 0.25) is 0 Å². The summed E-state index contributed by atoms with van der Waals surface area (Å²) in [6, 6.07) is 4.42. The molecule has 0 aliphatic carbocycles. The molecule has 1 fully saturated rings. The van der Waals surface area contributed by atoms with E-state index < -0.39 is 0 Å².